The van der Waals surface area contributed by atoms with Gasteiger partial charge in [0.1, 0.15) is 11.7 Å². The molecule has 1 aliphatic rings. The molecule has 0 unspecified atom stereocenters. The van der Waals surface area contributed by atoms with Gasteiger partial charge in [0.25, 0.3) is 5.91 Å². The van der Waals surface area contributed by atoms with Crippen LogP contribution in [-0.2, 0) is 11.3 Å². The summed E-state index contributed by atoms with van der Waals surface area (Å²) in [4.78, 5) is 31.3. The van der Waals surface area contributed by atoms with Gasteiger partial charge >= 0.3 is 0 Å². The standard InChI is InChI=1S/C23H20ClN3O4/c1-15-4-2-3-5-18(15)27(23(29)17-7-9-21(24)25-12-17)13-22(28)26-11-16-6-8-19-20(10-16)31-14-30-19/h2-10,12H,11,13-14H2,1H3,(H,26,28). The minimum absolute atomic E-state index is 0.142. The van der Waals surface area contributed by atoms with Crippen molar-refractivity contribution in [2.75, 3.05) is 18.2 Å². The van der Waals surface area contributed by atoms with Gasteiger partial charge in [-0.25, -0.2) is 4.98 Å². The van der Waals surface area contributed by atoms with Gasteiger partial charge in [0.2, 0.25) is 12.7 Å². The van der Waals surface area contributed by atoms with Crippen molar-refractivity contribution in [1.29, 1.82) is 0 Å². The molecule has 0 fully saturated rings. The number of carbonyl (C=O) groups is 2. The Morgan fingerprint density at radius 1 is 1.10 bits per heavy atom. The summed E-state index contributed by atoms with van der Waals surface area (Å²) in [6, 6.07) is 16.0. The number of nitrogens with zero attached hydrogens (tertiary/aromatic N) is 2. The third-order valence-corrected chi connectivity index (χ3v) is 5.08. The van der Waals surface area contributed by atoms with Crippen LogP contribution in [0.4, 0.5) is 5.69 Å². The number of aromatic nitrogens is 1. The number of aryl methyl sites for hydroxylation is 1. The van der Waals surface area contributed by atoms with E-state index in [2.05, 4.69) is 10.3 Å². The van der Waals surface area contributed by atoms with Gasteiger partial charge in [-0.3, -0.25) is 14.5 Å². The van der Waals surface area contributed by atoms with Crippen LogP contribution in [-0.4, -0.2) is 30.1 Å². The average molecular weight is 438 g/mol. The number of pyridine rings is 1. The molecule has 2 aromatic carbocycles. The molecule has 4 rings (SSSR count). The molecule has 2 amide bonds. The first-order valence-corrected chi connectivity index (χ1v) is 10.0. The fourth-order valence-corrected chi connectivity index (χ4v) is 3.35. The van der Waals surface area contributed by atoms with E-state index in [1.165, 1.54) is 11.1 Å². The summed E-state index contributed by atoms with van der Waals surface area (Å²) in [5.41, 5.74) is 2.74. The van der Waals surface area contributed by atoms with E-state index in [9.17, 15) is 9.59 Å². The second-order valence-electron chi connectivity index (χ2n) is 7.01. The molecule has 0 aliphatic carbocycles. The van der Waals surface area contributed by atoms with E-state index in [0.29, 0.717) is 34.4 Å². The van der Waals surface area contributed by atoms with Gasteiger partial charge in [0.15, 0.2) is 11.5 Å². The number of hydrogen-bond donors (Lipinski definition) is 1. The molecular weight excluding hydrogens is 418 g/mol. The lowest BCUT2D eigenvalue weighted by atomic mass is 10.1. The molecule has 31 heavy (non-hydrogen) atoms. The SMILES string of the molecule is Cc1ccccc1N(CC(=O)NCc1ccc2c(c1)OCO2)C(=O)c1ccc(Cl)nc1. The molecule has 1 aromatic heterocycles. The number of halogens is 1. The van der Waals surface area contributed by atoms with Crippen molar-refractivity contribution in [3.63, 3.8) is 0 Å². The van der Waals surface area contributed by atoms with Crippen LogP contribution in [0.15, 0.2) is 60.8 Å². The van der Waals surface area contributed by atoms with E-state index in [-0.39, 0.29) is 25.2 Å². The van der Waals surface area contributed by atoms with E-state index < -0.39 is 0 Å². The molecule has 8 heteroatoms. The number of anilines is 1. The second-order valence-corrected chi connectivity index (χ2v) is 7.40. The summed E-state index contributed by atoms with van der Waals surface area (Å²) >= 11 is 5.84. The summed E-state index contributed by atoms with van der Waals surface area (Å²) in [7, 11) is 0. The normalized spacial score (nSPS) is 11.8. The maximum atomic E-state index is 13.2. The van der Waals surface area contributed by atoms with Crippen molar-refractivity contribution in [3.05, 3.63) is 82.6 Å². The van der Waals surface area contributed by atoms with Crippen molar-refractivity contribution in [2.45, 2.75) is 13.5 Å². The number of nitrogens with one attached hydrogen (secondary N) is 1. The Kier molecular flexibility index (Phi) is 6.04. The third kappa shape index (κ3) is 4.78. The molecule has 0 radical (unpaired) electrons. The van der Waals surface area contributed by atoms with Crippen LogP contribution in [0.3, 0.4) is 0 Å². The molecule has 0 spiro atoms. The smallest absolute Gasteiger partial charge is 0.260 e. The summed E-state index contributed by atoms with van der Waals surface area (Å²) in [5.74, 6) is 0.703. The van der Waals surface area contributed by atoms with Crippen molar-refractivity contribution in [1.82, 2.24) is 10.3 Å². The number of fused-ring (bicyclic) bond motifs is 1. The molecule has 1 aliphatic heterocycles. The molecule has 7 nitrogen and oxygen atoms in total. The molecule has 1 N–H and O–H groups in total. The van der Waals surface area contributed by atoms with Crippen LogP contribution >= 0.6 is 11.6 Å². The Morgan fingerprint density at radius 2 is 1.90 bits per heavy atom. The highest BCUT2D eigenvalue weighted by Gasteiger charge is 2.22. The summed E-state index contributed by atoms with van der Waals surface area (Å²) in [6.45, 7) is 2.24. The van der Waals surface area contributed by atoms with Crippen molar-refractivity contribution >= 4 is 29.1 Å². The predicted molar refractivity (Wildman–Crippen MR) is 117 cm³/mol. The highest BCUT2D eigenvalue weighted by atomic mass is 35.5. The average Bonchev–Trinajstić information content (AvgIpc) is 3.25. The number of hydrogen-bond acceptors (Lipinski definition) is 5. The lowest BCUT2D eigenvalue weighted by Crippen LogP contribution is -2.41. The fraction of sp³-hybridized carbons (Fsp3) is 0.174. The minimum atomic E-state index is -0.336. The largest absolute Gasteiger partial charge is 0.454 e. The molecule has 3 aromatic rings. The molecule has 2 heterocycles. The maximum Gasteiger partial charge on any atom is 0.260 e. The van der Waals surface area contributed by atoms with Gasteiger partial charge in [0.05, 0.1) is 5.56 Å². The Morgan fingerprint density at radius 3 is 2.68 bits per heavy atom. The zero-order valence-electron chi connectivity index (χ0n) is 16.8. The summed E-state index contributed by atoms with van der Waals surface area (Å²) in [5, 5.41) is 3.15. The maximum absolute atomic E-state index is 13.2. The Labute approximate surface area is 184 Å². The summed E-state index contributed by atoms with van der Waals surface area (Å²) in [6.07, 6.45) is 1.40. The molecular formula is C23H20ClN3O4. The van der Waals surface area contributed by atoms with Crippen LogP contribution in [0.1, 0.15) is 21.5 Å². The van der Waals surface area contributed by atoms with Gasteiger partial charge in [-0.1, -0.05) is 35.9 Å². The van der Waals surface area contributed by atoms with Crippen LogP contribution < -0.4 is 19.7 Å². The van der Waals surface area contributed by atoms with Crippen LogP contribution in [0.5, 0.6) is 11.5 Å². The Balaban J connectivity index is 1.50. The van der Waals surface area contributed by atoms with Crippen LogP contribution in [0.2, 0.25) is 5.15 Å². The van der Waals surface area contributed by atoms with Crippen molar-refractivity contribution in [3.8, 4) is 11.5 Å². The van der Waals surface area contributed by atoms with Gasteiger partial charge in [-0.15, -0.1) is 0 Å². The Hall–Kier alpha value is -3.58. The highest BCUT2D eigenvalue weighted by molar-refractivity contribution is 6.29. The first kappa shape index (κ1) is 20.7. The van der Waals surface area contributed by atoms with E-state index in [0.717, 1.165) is 11.1 Å². The van der Waals surface area contributed by atoms with Crippen molar-refractivity contribution in [2.24, 2.45) is 0 Å². The molecule has 0 saturated carbocycles. The highest BCUT2D eigenvalue weighted by Crippen LogP contribution is 2.32. The van der Waals surface area contributed by atoms with Gasteiger partial charge < -0.3 is 14.8 Å². The molecule has 0 saturated heterocycles. The van der Waals surface area contributed by atoms with Crippen LogP contribution in [0.25, 0.3) is 0 Å². The van der Waals surface area contributed by atoms with Gasteiger partial charge in [-0.2, -0.15) is 0 Å². The minimum Gasteiger partial charge on any atom is -0.454 e. The zero-order valence-corrected chi connectivity index (χ0v) is 17.6. The molecule has 0 atom stereocenters. The van der Waals surface area contributed by atoms with Gasteiger partial charge in [0, 0.05) is 18.4 Å². The number of rotatable bonds is 6. The predicted octanol–water partition coefficient (Wildman–Crippen LogP) is 3.74. The fourth-order valence-electron chi connectivity index (χ4n) is 3.24. The number of benzene rings is 2. The van der Waals surface area contributed by atoms with E-state index >= 15 is 0 Å². The van der Waals surface area contributed by atoms with E-state index in [4.69, 9.17) is 21.1 Å². The first-order chi connectivity index (χ1) is 15.0. The molecule has 0 bridgehead atoms. The van der Waals surface area contributed by atoms with E-state index in [1.807, 2.05) is 43.3 Å². The van der Waals surface area contributed by atoms with Crippen molar-refractivity contribution < 1.29 is 19.1 Å². The number of carbonyl (C=O) groups excluding carboxylic acids is 2. The quantitative estimate of drug-likeness (QED) is 0.594. The topological polar surface area (TPSA) is 80.8 Å². The summed E-state index contributed by atoms with van der Waals surface area (Å²) < 4.78 is 10.7. The van der Waals surface area contributed by atoms with Gasteiger partial charge in [-0.05, 0) is 48.4 Å². The second kappa shape index (κ2) is 9.06. The number of amides is 2. The monoisotopic (exact) mass is 437 g/mol. The Bertz CT molecular complexity index is 1120. The lowest BCUT2D eigenvalue weighted by Gasteiger charge is -2.24. The lowest BCUT2D eigenvalue weighted by molar-refractivity contribution is -0.119. The van der Waals surface area contributed by atoms with Crippen LogP contribution in [0, 0.1) is 6.92 Å². The number of ether oxygens (including phenoxy) is 2. The first-order valence-electron chi connectivity index (χ1n) is 9.65. The third-order valence-electron chi connectivity index (χ3n) is 4.85. The zero-order chi connectivity index (χ0) is 21.8. The number of para-hydroxylation sites is 1. The van der Waals surface area contributed by atoms with E-state index in [1.54, 1.807) is 18.2 Å². The molecule has 158 valence electrons.